The Morgan fingerprint density at radius 3 is 2.54 bits per heavy atom. The molecule has 2 rings (SSSR count). The van der Waals surface area contributed by atoms with Gasteiger partial charge in [-0.2, -0.15) is 18.4 Å². The molecule has 0 saturated heterocycles. The lowest BCUT2D eigenvalue weighted by atomic mass is 9.68. The summed E-state index contributed by atoms with van der Waals surface area (Å²) in [5, 5.41) is 9.01. The van der Waals surface area contributed by atoms with Gasteiger partial charge in [-0.25, -0.2) is 0 Å². The molecular weight excluding hydrogens is 345 g/mol. The maximum Gasteiger partial charge on any atom is 0.418 e. The van der Waals surface area contributed by atoms with Gasteiger partial charge in [-0.1, -0.05) is 25.4 Å². The van der Waals surface area contributed by atoms with Gasteiger partial charge >= 0.3 is 6.18 Å². The summed E-state index contributed by atoms with van der Waals surface area (Å²) in [4.78, 5) is 16.1. The number of hydrogen-bond acceptors (Lipinski definition) is 4. The number of alkyl halides is 3. The fourth-order valence-corrected chi connectivity index (χ4v) is 3.06. The van der Waals surface area contributed by atoms with E-state index in [9.17, 15) is 23.2 Å². The zero-order valence-corrected chi connectivity index (χ0v) is 13.9. The zero-order valence-electron chi connectivity index (χ0n) is 13.2. The molecule has 0 saturated carbocycles. The average Bonchev–Trinajstić information content (AvgIpc) is 2.49. The topological polar surface area (TPSA) is 63.0 Å². The molecule has 0 N–H and O–H groups in total. The average molecular weight is 359 g/mol. The highest BCUT2D eigenvalue weighted by atomic mass is 35.5. The van der Waals surface area contributed by atoms with Crippen LogP contribution in [0.4, 0.5) is 13.2 Å². The molecule has 0 fully saturated rings. The highest BCUT2D eigenvalue weighted by Gasteiger charge is 2.50. The number of aromatic nitrogens is 1. The van der Waals surface area contributed by atoms with Gasteiger partial charge in [0.15, 0.2) is 5.78 Å². The van der Waals surface area contributed by atoms with Crippen LogP contribution in [0.1, 0.15) is 31.5 Å². The van der Waals surface area contributed by atoms with Crippen molar-refractivity contribution in [2.45, 2.75) is 32.0 Å². The zero-order chi connectivity index (χ0) is 18.3. The number of halogens is 4. The van der Waals surface area contributed by atoms with Gasteiger partial charge in [-0.05, 0) is 18.6 Å². The van der Waals surface area contributed by atoms with Crippen LogP contribution in [0.5, 0.6) is 0 Å². The first kappa shape index (κ1) is 18.4. The highest BCUT2D eigenvalue weighted by Crippen LogP contribution is 2.48. The molecule has 4 nitrogen and oxygen atoms in total. The Morgan fingerprint density at radius 2 is 2.04 bits per heavy atom. The lowest BCUT2D eigenvalue weighted by molar-refractivity contribution is -0.142. The largest absolute Gasteiger partial charge is 0.418 e. The third kappa shape index (κ3) is 3.04. The Labute approximate surface area is 141 Å². The minimum atomic E-state index is -4.72. The molecule has 0 radical (unpaired) electrons. The molecule has 0 aliphatic heterocycles. The Bertz CT molecular complexity index is 766. The Hall–Kier alpha value is -1.91. The predicted octanol–water partition coefficient (Wildman–Crippen LogP) is 4.04. The van der Waals surface area contributed by atoms with Crippen molar-refractivity contribution in [3.05, 3.63) is 40.2 Å². The summed E-state index contributed by atoms with van der Waals surface area (Å²) in [6.45, 7) is 3.10. The van der Waals surface area contributed by atoms with Gasteiger partial charge < -0.3 is 4.74 Å². The van der Waals surface area contributed by atoms with Gasteiger partial charge in [0, 0.05) is 18.7 Å². The van der Waals surface area contributed by atoms with Crippen molar-refractivity contribution in [2.24, 2.45) is 5.41 Å². The number of allylic oxidation sites excluding steroid dienone is 1. The molecular formula is C16H14ClF3N2O2. The fourth-order valence-electron chi connectivity index (χ4n) is 2.91. The smallest absolute Gasteiger partial charge is 0.368 e. The molecule has 1 aromatic rings. The quantitative estimate of drug-likeness (QED) is 0.800. The number of methoxy groups -OCH3 is 1. The molecule has 1 aliphatic carbocycles. The lowest BCUT2D eigenvalue weighted by Crippen LogP contribution is -2.43. The number of Topliss-reactive ketones (excluding diaryl/α,β-unsaturated/α-hetero) is 1. The monoisotopic (exact) mass is 358 g/mol. The summed E-state index contributed by atoms with van der Waals surface area (Å²) < 4.78 is 45.7. The van der Waals surface area contributed by atoms with Crippen molar-refractivity contribution in [1.29, 1.82) is 5.26 Å². The summed E-state index contributed by atoms with van der Waals surface area (Å²) in [6, 6.07) is 2.49. The number of nitriles is 1. The first-order chi connectivity index (χ1) is 11.0. The number of carbonyl (C=O) groups is 1. The second-order valence-corrected chi connectivity index (χ2v) is 6.64. The Morgan fingerprint density at radius 1 is 1.42 bits per heavy atom. The van der Waals surface area contributed by atoms with Crippen molar-refractivity contribution in [1.82, 2.24) is 4.98 Å². The van der Waals surface area contributed by atoms with E-state index in [1.807, 2.05) is 0 Å². The van der Waals surface area contributed by atoms with Gasteiger partial charge in [0.1, 0.15) is 11.7 Å². The van der Waals surface area contributed by atoms with Crippen LogP contribution in [0.25, 0.3) is 0 Å². The summed E-state index contributed by atoms with van der Waals surface area (Å²) in [6.07, 6.45) is -2.61. The first-order valence-electron chi connectivity index (χ1n) is 6.93. The molecule has 0 aromatic carbocycles. The Kier molecular flexibility index (Phi) is 4.51. The normalized spacial score (nSPS) is 23.6. The van der Waals surface area contributed by atoms with Crippen LogP contribution in [-0.4, -0.2) is 17.9 Å². The van der Waals surface area contributed by atoms with Crippen LogP contribution < -0.4 is 0 Å². The third-order valence-electron chi connectivity index (χ3n) is 3.99. The molecule has 0 bridgehead atoms. The van der Waals surface area contributed by atoms with Crippen molar-refractivity contribution < 1.29 is 22.7 Å². The molecule has 1 heterocycles. The maximum absolute atomic E-state index is 13.4. The van der Waals surface area contributed by atoms with E-state index in [4.69, 9.17) is 16.3 Å². The molecule has 1 atom stereocenters. The molecule has 24 heavy (non-hydrogen) atoms. The first-order valence-corrected chi connectivity index (χ1v) is 7.31. The minimum absolute atomic E-state index is 0.0851. The second kappa shape index (κ2) is 5.87. The fraction of sp³-hybridized carbons (Fsp3) is 0.438. The minimum Gasteiger partial charge on any atom is -0.368 e. The van der Waals surface area contributed by atoms with E-state index in [1.54, 1.807) is 19.9 Å². The van der Waals surface area contributed by atoms with E-state index >= 15 is 0 Å². The number of carbonyl (C=O) groups excluding carboxylic acids is 1. The number of ether oxygens (including phenoxy) is 1. The van der Waals surface area contributed by atoms with Crippen molar-refractivity contribution >= 4 is 17.4 Å². The molecule has 0 amide bonds. The van der Waals surface area contributed by atoms with Crippen LogP contribution in [0.15, 0.2) is 23.9 Å². The molecule has 1 aromatic heterocycles. The standard InChI is InChI=1S/C16H14ClF3N2O2/c1-14(2)8-15(24-3,5-9(6-21)13(14)23)12-11(16(18,19)20)4-10(17)7-22-12/h4-5,7H,8H2,1-3H3. The van der Waals surface area contributed by atoms with Gasteiger partial charge in [-0.15, -0.1) is 0 Å². The molecule has 128 valence electrons. The van der Waals surface area contributed by atoms with E-state index in [0.717, 1.165) is 18.3 Å². The van der Waals surface area contributed by atoms with Crippen LogP contribution >= 0.6 is 11.6 Å². The van der Waals surface area contributed by atoms with Crippen LogP contribution in [0, 0.1) is 16.7 Å². The second-order valence-electron chi connectivity index (χ2n) is 6.20. The van der Waals surface area contributed by atoms with Crippen molar-refractivity contribution in [2.75, 3.05) is 7.11 Å². The van der Waals surface area contributed by atoms with Crippen molar-refractivity contribution in [3.63, 3.8) is 0 Å². The van der Waals surface area contributed by atoms with Crippen LogP contribution in [0.2, 0.25) is 5.02 Å². The van der Waals surface area contributed by atoms with E-state index in [0.29, 0.717) is 0 Å². The summed E-state index contributed by atoms with van der Waals surface area (Å²) in [5.74, 6) is -0.444. The molecule has 0 spiro atoms. The molecule has 1 unspecified atom stereocenters. The van der Waals surface area contributed by atoms with Gasteiger partial charge in [-0.3, -0.25) is 9.78 Å². The molecule has 8 heteroatoms. The summed E-state index contributed by atoms with van der Waals surface area (Å²) in [5.41, 5.74) is -4.47. The number of pyridine rings is 1. The summed E-state index contributed by atoms with van der Waals surface area (Å²) >= 11 is 5.66. The SMILES string of the molecule is COC1(c2ncc(Cl)cc2C(F)(F)F)C=C(C#N)C(=O)C(C)(C)C1. The number of nitrogens with zero attached hydrogens (tertiary/aromatic N) is 2. The maximum atomic E-state index is 13.4. The van der Waals surface area contributed by atoms with Gasteiger partial charge in [0.25, 0.3) is 0 Å². The number of hydrogen-bond donors (Lipinski definition) is 0. The van der Waals surface area contributed by atoms with Crippen LogP contribution in [-0.2, 0) is 21.3 Å². The van der Waals surface area contributed by atoms with Crippen molar-refractivity contribution in [3.8, 4) is 6.07 Å². The van der Waals surface area contributed by atoms with E-state index in [2.05, 4.69) is 4.98 Å². The molecule has 1 aliphatic rings. The van der Waals surface area contributed by atoms with Gasteiger partial charge in [0.05, 0.1) is 21.9 Å². The van der Waals surface area contributed by atoms with E-state index < -0.39 is 34.2 Å². The number of rotatable bonds is 2. The highest BCUT2D eigenvalue weighted by molar-refractivity contribution is 6.30. The predicted molar refractivity (Wildman–Crippen MR) is 80.0 cm³/mol. The summed E-state index contributed by atoms with van der Waals surface area (Å²) in [7, 11) is 1.22. The van der Waals surface area contributed by atoms with E-state index in [1.165, 1.54) is 7.11 Å². The van der Waals surface area contributed by atoms with Gasteiger partial charge in [0.2, 0.25) is 0 Å². The Balaban J connectivity index is 2.80. The number of ketones is 1. The van der Waals surface area contributed by atoms with Crippen LogP contribution in [0.3, 0.4) is 0 Å². The van der Waals surface area contributed by atoms with E-state index in [-0.39, 0.29) is 17.0 Å². The third-order valence-corrected chi connectivity index (χ3v) is 4.19. The lowest BCUT2D eigenvalue weighted by Gasteiger charge is -2.40.